The molecule has 0 aliphatic carbocycles. The molecule has 7 heteroatoms. The highest BCUT2D eigenvalue weighted by Gasteiger charge is 2.31. The first-order valence-corrected chi connectivity index (χ1v) is 6.99. The summed E-state index contributed by atoms with van der Waals surface area (Å²) in [5.74, 6) is 0. The Kier molecular flexibility index (Phi) is 3.85. The lowest BCUT2D eigenvalue weighted by atomic mass is 9.70. The highest BCUT2D eigenvalue weighted by atomic mass is 16.6. The molecule has 1 aliphatic heterocycles. The standard InChI is InChI=1S/C15H16BN2O4/c19-15(17-9-11-4-2-1-3-5-11)18-13-7-6-12-10-22-16(20,21)14(12)8-13/h1-8,20-21H,9-10H2,(H2,17,18,19)/q-1. The number of benzene rings is 2. The fourth-order valence-electron chi connectivity index (χ4n) is 2.40. The second-order valence-corrected chi connectivity index (χ2v) is 5.22. The summed E-state index contributed by atoms with van der Waals surface area (Å²) in [7, 11) is 0. The van der Waals surface area contributed by atoms with Gasteiger partial charge in [0.15, 0.2) is 0 Å². The molecule has 1 aliphatic rings. The lowest BCUT2D eigenvalue weighted by molar-refractivity contribution is 0.169. The molecule has 114 valence electrons. The van der Waals surface area contributed by atoms with Crippen LogP contribution in [0.3, 0.4) is 0 Å². The molecule has 3 rings (SSSR count). The van der Waals surface area contributed by atoms with Gasteiger partial charge in [-0.05, 0) is 11.6 Å². The first kappa shape index (κ1) is 14.6. The minimum Gasteiger partial charge on any atom is -0.556 e. The highest BCUT2D eigenvalue weighted by molar-refractivity contribution is 6.74. The Bertz CT molecular complexity index is 691. The minimum atomic E-state index is -2.97. The second kappa shape index (κ2) is 5.80. The quantitative estimate of drug-likeness (QED) is 0.627. The average molecular weight is 299 g/mol. The van der Waals surface area contributed by atoms with E-state index in [4.69, 9.17) is 4.65 Å². The van der Waals surface area contributed by atoms with Crippen molar-refractivity contribution in [1.29, 1.82) is 0 Å². The molecule has 0 atom stereocenters. The summed E-state index contributed by atoms with van der Waals surface area (Å²) < 4.78 is 4.92. The monoisotopic (exact) mass is 299 g/mol. The number of nitrogens with one attached hydrogen (secondary N) is 2. The van der Waals surface area contributed by atoms with Crippen molar-refractivity contribution in [3.05, 3.63) is 59.7 Å². The van der Waals surface area contributed by atoms with Gasteiger partial charge in [-0.1, -0.05) is 48.0 Å². The van der Waals surface area contributed by atoms with Gasteiger partial charge in [0.25, 0.3) is 0 Å². The van der Waals surface area contributed by atoms with Crippen molar-refractivity contribution in [2.45, 2.75) is 13.2 Å². The number of carbonyl (C=O) groups excluding carboxylic acids is 1. The fraction of sp³-hybridized carbons (Fsp3) is 0.133. The normalized spacial score (nSPS) is 15.2. The first-order valence-electron chi connectivity index (χ1n) is 6.99. The molecule has 2 aromatic rings. The zero-order chi connectivity index (χ0) is 15.6. The third-order valence-corrected chi connectivity index (χ3v) is 3.58. The van der Waals surface area contributed by atoms with E-state index in [1.165, 1.54) is 6.07 Å². The molecule has 1 heterocycles. The van der Waals surface area contributed by atoms with E-state index in [0.29, 0.717) is 23.3 Å². The maximum absolute atomic E-state index is 11.9. The van der Waals surface area contributed by atoms with Crippen molar-refractivity contribution < 1.29 is 19.5 Å². The molecule has 0 aromatic heterocycles. The summed E-state index contributed by atoms with van der Waals surface area (Å²) in [6.07, 6.45) is 0. The number of hydrogen-bond donors (Lipinski definition) is 4. The topological polar surface area (TPSA) is 90.8 Å². The highest BCUT2D eigenvalue weighted by Crippen LogP contribution is 2.18. The van der Waals surface area contributed by atoms with Gasteiger partial charge >= 0.3 is 12.8 Å². The smallest absolute Gasteiger partial charge is 0.405 e. The molecule has 2 aromatic carbocycles. The molecular weight excluding hydrogens is 283 g/mol. The summed E-state index contributed by atoms with van der Waals surface area (Å²) in [5, 5.41) is 24.8. The van der Waals surface area contributed by atoms with Crippen LogP contribution in [0.2, 0.25) is 0 Å². The van der Waals surface area contributed by atoms with Gasteiger partial charge in [-0.2, -0.15) is 0 Å². The summed E-state index contributed by atoms with van der Waals surface area (Å²) in [6, 6.07) is 14.1. The maximum Gasteiger partial charge on any atom is 0.405 e. The average Bonchev–Trinajstić information content (AvgIpc) is 2.82. The summed E-state index contributed by atoms with van der Waals surface area (Å²) in [6.45, 7) is -2.40. The third kappa shape index (κ3) is 3.11. The van der Waals surface area contributed by atoms with Gasteiger partial charge in [0.1, 0.15) is 0 Å². The van der Waals surface area contributed by atoms with Crippen LogP contribution in [0.4, 0.5) is 10.5 Å². The summed E-state index contributed by atoms with van der Waals surface area (Å²) in [5.41, 5.74) is 2.48. The number of carbonyl (C=O) groups is 1. The summed E-state index contributed by atoms with van der Waals surface area (Å²) in [4.78, 5) is 11.9. The molecule has 6 nitrogen and oxygen atoms in total. The molecule has 0 fully saturated rings. The van der Waals surface area contributed by atoms with Crippen molar-refractivity contribution in [2.75, 3.05) is 5.32 Å². The van der Waals surface area contributed by atoms with E-state index in [-0.39, 0.29) is 12.6 Å². The fourth-order valence-corrected chi connectivity index (χ4v) is 2.40. The van der Waals surface area contributed by atoms with Crippen molar-refractivity contribution >= 4 is 23.9 Å². The van der Waals surface area contributed by atoms with E-state index >= 15 is 0 Å². The van der Waals surface area contributed by atoms with Crippen molar-refractivity contribution in [2.24, 2.45) is 0 Å². The van der Waals surface area contributed by atoms with Crippen LogP contribution in [0.5, 0.6) is 0 Å². The Morgan fingerprint density at radius 3 is 2.73 bits per heavy atom. The predicted molar refractivity (Wildman–Crippen MR) is 83.4 cm³/mol. The molecule has 0 bridgehead atoms. The Labute approximate surface area is 127 Å². The van der Waals surface area contributed by atoms with E-state index in [0.717, 1.165) is 5.56 Å². The van der Waals surface area contributed by atoms with Gasteiger partial charge in [0.2, 0.25) is 0 Å². The van der Waals surface area contributed by atoms with Gasteiger partial charge in [0, 0.05) is 18.8 Å². The number of urea groups is 1. The van der Waals surface area contributed by atoms with Gasteiger partial charge in [-0.3, -0.25) is 0 Å². The van der Waals surface area contributed by atoms with Crippen LogP contribution >= 0.6 is 0 Å². The first-order chi connectivity index (χ1) is 10.5. The number of fused-ring (bicyclic) bond motifs is 1. The van der Waals surface area contributed by atoms with Crippen molar-refractivity contribution in [3.8, 4) is 0 Å². The van der Waals surface area contributed by atoms with Crippen LogP contribution in [0.25, 0.3) is 0 Å². The minimum absolute atomic E-state index is 0.156. The van der Waals surface area contributed by atoms with Crippen LogP contribution in [-0.4, -0.2) is 22.8 Å². The summed E-state index contributed by atoms with van der Waals surface area (Å²) >= 11 is 0. The Morgan fingerprint density at radius 2 is 1.95 bits per heavy atom. The van der Waals surface area contributed by atoms with Crippen molar-refractivity contribution in [1.82, 2.24) is 5.32 Å². The Morgan fingerprint density at radius 1 is 1.18 bits per heavy atom. The van der Waals surface area contributed by atoms with Crippen LogP contribution in [0.15, 0.2) is 48.5 Å². The predicted octanol–water partition coefficient (Wildman–Crippen LogP) is 0.669. The van der Waals surface area contributed by atoms with Crippen LogP contribution in [0.1, 0.15) is 11.1 Å². The molecule has 0 saturated heterocycles. The van der Waals surface area contributed by atoms with Crippen molar-refractivity contribution in [3.63, 3.8) is 0 Å². The van der Waals surface area contributed by atoms with E-state index in [2.05, 4.69) is 10.6 Å². The number of hydrogen-bond acceptors (Lipinski definition) is 4. The Balaban J connectivity index is 1.63. The molecule has 0 spiro atoms. The molecular formula is C15H16BN2O4-. The molecule has 0 radical (unpaired) electrons. The lowest BCUT2D eigenvalue weighted by Gasteiger charge is -2.22. The lowest BCUT2D eigenvalue weighted by Crippen LogP contribution is -2.47. The molecule has 4 N–H and O–H groups in total. The van der Waals surface area contributed by atoms with E-state index in [1.807, 2.05) is 30.3 Å². The van der Waals surface area contributed by atoms with E-state index < -0.39 is 6.75 Å². The number of amides is 2. The van der Waals surface area contributed by atoms with Crippen LogP contribution in [0, 0.1) is 0 Å². The molecule has 2 amide bonds. The molecule has 22 heavy (non-hydrogen) atoms. The third-order valence-electron chi connectivity index (χ3n) is 3.58. The van der Waals surface area contributed by atoms with Gasteiger partial charge in [0.05, 0.1) is 0 Å². The van der Waals surface area contributed by atoms with Gasteiger partial charge in [-0.15, -0.1) is 5.46 Å². The maximum atomic E-state index is 11.9. The van der Waals surface area contributed by atoms with Gasteiger partial charge < -0.3 is 25.3 Å². The number of rotatable bonds is 3. The van der Waals surface area contributed by atoms with Gasteiger partial charge in [-0.25, -0.2) is 4.79 Å². The van der Waals surface area contributed by atoms with E-state index in [1.54, 1.807) is 12.1 Å². The zero-order valence-electron chi connectivity index (χ0n) is 11.8. The number of anilines is 1. The molecule has 0 saturated carbocycles. The largest absolute Gasteiger partial charge is 0.556 e. The second-order valence-electron chi connectivity index (χ2n) is 5.22. The van der Waals surface area contributed by atoms with Crippen LogP contribution in [-0.2, 0) is 17.8 Å². The molecule has 0 unspecified atom stereocenters. The SMILES string of the molecule is O=C(NCc1ccccc1)Nc1ccc2c(c1)[B-](O)(O)OC2. The van der Waals surface area contributed by atoms with E-state index in [9.17, 15) is 14.8 Å². The Hall–Kier alpha value is -2.35. The zero-order valence-corrected chi connectivity index (χ0v) is 11.8. The van der Waals surface area contributed by atoms with Crippen LogP contribution < -0.4 is 16.1 Å².